The first-order valence-corrected chi connectivity index (χ1v) is 10.3. The Bertz CT molecular complexity index is 1120. The van der Waals surface area contributed by atoms with Crippen LogP contribution in [0.15, 0.2) is 58.6 Å². The predicted molar refractivity (Wildman–Crippen MR) is 121 cm³/mol. The van der Waals surface area contributed by atoms with E-state index in [9.17, 15) is 4.79 Å². The maximum absolute atomic E-state index is 12.3. The summed E-state index contributed by atoms with van der Waals surface area (Å²) in [6.45, 7) is 1.92. The molecule has 7 nitrogen and oxygen atoms in total. The van der Waals surface area contributed by atoms with Crippen LogP contribution in [0.1, 0.15) is 17.3 Å². The van der Waals surface area contributed by atoms with E-state index in [1.165, 1.54) is 11.8 Å². The van der Waals surface area contributed by atoms with Crippen molar-refractivity contribution in [3.8, 4) is 0 Å². The summed E-state index contributed by atoms with van der Waals surface area (Å²) in [5.41, 5.74) is 9.53. The van der Waals surface area contributed by atoms with Crippen molar-refractivity contribution in [1.82, 2.24) is 10.3 Å². The summed E-state index contributed by atoms with van der Waals surface area (Å²) in [6.07, 6.45) is 1.42. The van der Waals surface area contributed by atoms with Crippen LogP contribution < -0.4 is 16.4 Å². The Labute approximate surface area is 176 Å². The molecule has 0 spiro atoms. The lowest BCUT2D eigenvalue weighted by Crippen LogP contribution is -2.39. The molecule has 0 saturated carbocycles. The molecule has 1 amide bonds. The van der Waals surface area contributed by atoms with Crippen molar-refractivity contribution in [3.05, 3.63) is 64.8 Å². The molecular weight excluding hydrogens is 408 g/mol. The number of benzene rings is 2. The molecule has 29 heavy (non-hydrogen) atoms. The van der Waals surface area contributed by atoms with Crippen molar-refractivity contribution in [1.29, 1.82) is 0 Å². The maximum Gasteiger partial charge on any atom is 0.234 e. The molecule has 1 unspecified atom stereocenters. The molecule has 148 valence electrons. The number of fused-ring (bicyclic) bond motifs is 1. The molecule has 5 N–H and O–H groups in total. The zero-order valence-electron chi connectivity index (χ0n) is 15.6. The molecule has 9 heteroatoms. The first kappa shape index (κ1) is 19.4. The van der Waals surface area contributed by atoms with Gasteiger partial charge in [-0.05, 0) is 36.8 Å². The van der Waals surface area contributed by atoms with Crippen LogP contribution in [-0.4, -0.2) is 27.8 Å². The quantitative estimate of drug-likeness (QED) is 0.509. The number of thioether (sulfide) groups is 1. The van der Waals surface area contributed by atoms with Gasteiger partial charge >= 0.3 is 0 Å². The standard InChI is InChI=1S/C20H19ClN6OS/c1-11-6-12(21)8-13(7-11)24-17(28)10-29-20-26-18(25-19(22)27-20)15-9-23-16-5-3-2-4-14(15)16/h2-9,18,23H,10H2,1H3,(H,24,28)(H3,22,25,26,27). The first-order chi connectivity index (χ1) is 14.0. The van der Waals surface area contributed by atoms with Crippen molar-refractivity contribution in [2.45, 2.75) is 13.1 Å². The second-order valence-corrected chi connectivity index (χ2v) is 7.99. The highest BCUT2D eigenvalue weighted by Gasteiger charge is 2.20. The molecule has 0 saturated heterocycles. The minimum atomic E-state index is -0.464. The summed E-state index contributed by atoms with van der Waals surface area (Å²) in [4.78, 5) is 24.5. The van der Waals surface area contributed by atoms with E-state index in [2.05, 4.69) is 25.6 Å². The van der Waals surface area contributed by atoms with Gasteiger partial charge in [0, 0.05) is 33.4 Å². The Morgan fingerprint density at radius 2 is 2.10 bits per heavy atom. The highest BCUT2D eigenvalue weighted by Crippen LogP contribution is 2.29. The number of halogens is 1. The lowest BCUT2D eigenvalue weighted by Gasteiger charge is -2.18. The number of amides is 1. The Morgan fingerprint density at radius 1 is 1.28 bits per heavy atom. The zero-order chi connectivity index (χ0) is 20.4. The van der Waals surface area contributed by atoms with Crippen LogP contribution in [0.3, 0.4) is 0 Å². The van der Waals surface area contributed by atoms with E-state index in [1.807, 2.05) is 49.5 Å². The van der Waals surface area contributed by atoms with Crippen LogP contribution in [0.5, 0.6) is 0 Å². The summed E-state index contributed by atoms with van der Waals surface area (Å²) in [7, 11) is 0. The number of rotatable bonds is 4. The third-order valence-corrected chi connectivity index (χ3v) is 5.41. The number of hydrogen-bond donors (Lipinski definition) is 4. The van der Waals surface area contributed by atoms with E-state index < -0.39 is 6.17 Å². The molecule has 4 rings (SSSR count). The van der Waals surface area contributed by atoms with Gasteiger partial charge in [0.25, 0.3) is 0 Å². The number of aromatic amines is 1. The largest absolute Gasteiger partial charge is 0.370 e. The van der Waals surface area contributed by atoms with E-state index >= 15 is 0 Å². The number of hydrogen-bond acceptors (Lipinski definition) is 6. The monoisotopic (exact) mass is 426 g/mol. The number of amidine groups is 1. The molecule has 1 atom stereocenters. The Morgan fingerprint density at radius 3 is 2.93 bits per heavy atom. The van der Waals surface area contributed by atoms with Crippen molar-refractivity contribution in [3.63, 3.8) is 0 Å². The number of carbonyl (C=O) groups excluding carboxylic acids is 1. The second kappa shape index (κ2) is 8.18. The van der Waals surface area contributed by atoms with Crippen LogP contribution in [0.25, 0.3) is 10.9 Å². The number of para-hydroxylation sites is 1. The number of nitrogens with zero attached hydrogens (tertiary/aromatic N) is 2. The Hall–Kier alpha value is -2.97. The van der Waals surface area contributed by atoms with Gasteiger partial charge in [-0.15, -0.1) is 0 Å². The molecular formula is C20H19ClN6OS. The number of H-pyrrole nitrogens is 1. The van der Waals surface area contributed by atoms with Gasteiger partial charge < -0.3 is 21.4 Å². The molecule has 3 aromatic rings. The fourth-order valence-corrected chi connectivity index (χ4v) is 4.09. The number of aryl methyl sites for hydroxylation is 1. The number of nitrogens with two attached hydrogens (primary N) is 1. The lowest BCUT2D eigenvalue weighted by molar-refractivity contribution is -0.113. The average Bonchev–Trinajstić information content (AvgIpc) is 3.09. The number of aliphatic imine (C=N–C) groups is 2. The fraction of sp³-hybridized carbons (Fsp3) is 0.150. The number of carbonyl (C=O) groups is 1. The van der Waals surface area contributed by atoms with Gasteiger partial charge in [0.2, 0.25) is 5.91 Å². The van der Waals surface area contributed by atoms with Crippen molar-refractivity contribution < 1.29 is 4.79 Å². The molecule has 2 aromatic carbocycles. The third kappa shape index (κ3) is 4.55. The van der Waals surface area contributed by atoms with Gasteiger partial charge in [0.15, 0.2) is 17.3 Å². The van der Waals surface area contributed by atoms with Gasteiger partial charge in [0.05, 0.1) is 5.75 Å². The topological polar surface area (TPSA) is 108 Å². The fourth-order valence-electron chi connectivity index (χ4n) is 3.11. The summed E-state index contributed by atoms with van der Waals surface area (Å²) in [5, 5.41) is 7.93. The van der Waals surface area contributed by atoms with Crippen molar-refractivity contribution in [2.24, 2.45) is 15.7 Å². The van der Waals surface area contributed by atoms with Crippen LogP contribution >= 0.6 is 23.4 Å². The lowest BCUT2D eigenvalue weighted by atomic mass is 10.1. The summed E-state index contributed by atoms with van der Waals surface area (Å²) in [5.74, 6) is 0.278. The number of aromatic nitrogens is 1. The van der Waals surface area contributed by atoms with E-state index in [1.54, 1.807) is 6.07 Å². The summed E-state index contributed by atoms with van der Waals surface area (Å²) in [6, 6.07) is 13.3. The summed E-state index contributed by atoms with van der Waals surface area (Å²) < 4.78 is 0. The second-order valence-electron chi connectivity index (χ2n) is 6.59. The molecule has 2 heterocycles. The minimum absolute atomic E-state index is 0.161. The molecule has 0 radical (unpaired) electrons. The first-order valence-electron chi connectivity index (χ1n) is 8.92. The van der Waals surface area contributed by atoms with Crippen molar-refractivity contribution >= 4 is 57.0 Å². The predicted octanol–water partition coefficient (Wildman–Crippen LogP) is 3.77. The normalized spacial score (nSPS) is 16.1. The van der Waals surface area contributed by atoms with Gasteiger partial charge in [-0.3, -0.25) is 4.79 Å². The smallest absolute Gasteiger partial charge is 0.234 e. The van der Waals surface area contributed by atoms with Gasteiger partial charge in [0.1, 0.15) is 0 Å². The van der Waals surface area contributed by atoms with E-state index in [0.717, 1.165) is 22.0 Å². The molecule has 1 aliphatic heterocycles. The molecule has 1 aliphatic rings. The number of nitrogens with one attached hydrogen (secondary N) is 3. The molecule has 1 aromatic heterocycles. The van der Waals surface area contributed by atoms with E-state index in [-0.39, 0.29) is 17.6 Å². The van der Waals surface area contributed by atoms with Gasteiger partial charge in [-0.2, -0.15) is 0 Å². The molecule has 0 bridgehead atoms. The Kier molecular flexibility index (Phi) is 5.46. The Balaban J connectivity index is 1.45. The van der Waals surface area contributed by atoms with Gasteiger partial charge in [-0.1, -0.05) is 41.6 Å². The van der Waals surface area contributed by atoms with E-state index in [0.29, 0.717) is 15.9 Å². The summed E-state index contributed by atoms with van der Waals surface area (Å²) >= 11 is 7.31. The van der Waals surface area contributed by atoms with Crippen LogP contribution in [0.4, 0.5) is 5.69 Å². The number of guanidine groups is 1. The molecule has 0 fully saturated rings. The number of anilines is 1. The maximum atomic E-state index is 12.3. The van der Waals surface area contributed by atoms with Crippen LogP contribution in [0, 0.1) is 6.92 Å². The minimum Gasteiger partial charge on any atom is -0.370 e. The third-order valence-electron chi connectivity index (χ3n) is 4.30. The molecule has 0 aliphatic carbocycles. The van der Waals surface area contributed by atoms with Crippen molar-refractivity contribution in [2.75, 3.05) is 11.1 Å². The van der Waals surface area contributed by atoms with Crippen LogP contribution in [0.2, 0.25) is 5.02 Å². The van der Waals surface area contributed by atoms with Gasteiger partial charge in [-0.25, -0.2) is 9.98 Å². The average molecular weight is 427 g/mol. The SMILES string of the molecule is Cc1cc(Cl)cc(NC(=O)CSC2=NC(c3c[nH]c4ccccc34)N=C(N)N2)c1. The highest BCUT2D eigenvalue weighted by molar-refractivity contribution is 8.14. The zero-order valence-corrected chi connectivity index (χ0v) is 17.1. The van der Waals surface area contributed by atoms with E-state index in [4.69, 9.17) is 17.3 Å². The van der Waals surface area contributed by atoms with Crippen LogP contribution in [-0.2, 0) is 4.79 Å². The highest BCUT2D eigenvalue weighted by atomic mass is 35.5.